The minimum atomic E-state index is 0.751. The van der Waals surface area contributed by atoms with Gasteiger partial charge in [-0.2, -0.15) is 5.10 Å². The molecule has 2 aromatic heterocycles. The Balaban J connectivity index is 1.47. The van der Waals surface area contributed by atoms with E-state index in [1.165, 1.54) is 35.5 Å². The lowest BCUT2D eigenvalue weighted by Gasteiger charge is -2.22. The van der Waals surface area contributed by atoms with E-state index in [9.17, 15) is 0 Å². The molecule has 0 aliphatic heterocycles. The highest BCUT2D eigenvalue weighted by Gasteiger charge is 2.22. The summed E-state index contributed by atoms with van der Waals surface area (Å²) < 4.78 is 1.95. The van der Waals surface area contributed by atoms with E-state index >= 15 is 0 Å². The lowest BCUT2D eigenvalue weighted by Crippen LogP contribution is -2.13. The van der Waals surface area contributed by atoms with Crippen LogP contribution in [0.25, 0.3) is 0 Å². The monoisotopic (exact) mass is 276 g/mol. The van der Waals surface area contributed by atoms with Crippen LogP contribution in [0.5, 0.6) is 0 Å². The van der Waals surface area contributed by atoms with Crippen molar-refractivity contribution in [1.29, 1.82) is 0 Å². The molecular weight excluding hydrogens is 256 g/mol. The molecule has 0 bridgehead atoms. The molecule has 1 saturated carbocycles. The van der Waals surface area contributed by atoms with Gasteiger partial charge in [0.05, 0.1) is 16.9 Å². The number of hydrogen-bond donors (Lipinski definition) is 1. The van der Waals surface area contributed by atoms with Crippen LogP contribution in [0, 0.1) is 0 Å². The van der Waals surface area contributed by atoms with Gasteiger partial charge in [0.1, 0.15) is 0 Å². The van der Waals surface area contributed by atoms with E-state index in [4.69, 9.17) is 4.98 Å². The smallest absolute Gasteiger partial charge is 0.0959 e. The van der Waals surface area contributed by atoms with Crippen LogP contribution < -0.4 is 5.32 Å². The van der Waals surface area contributed by atoms with E-state index in [-0.39, 0.29) is 0 Å². The average Bonchev–Trinajstić information content (AvgIpc) is 2.97. The first kappa shape index (κ1) is 12.8. The highest BCUT2D eigenvalue weighted by Crippen LogP contribution is 2.37. The van der Waals surface area contributed by atoms with Crippen molar-refractivity contribution in [3.8, 4) is 0 Å². The molecule has 1 aliphatic rings. The van der Waals surface area contributed by atoms with E-state index in [1.54, 1.807) is 0 Å². The largest absolute Gasteiger partial charge is 0.307 e. The van der Waals surface area contributed by atoms with Crippen LogP contribution in [-0.2, 0) is 19.6 Å². The van der Waals surface area contributed by atoms with Gasteiger partial charge in [-0.05, 0) is 19.8 Å². The van der Waals surface area contributed by atoms with Gasteiger partial charge >= 0.3 is 0 Å². The van der Waals surface area contributed by atoms with Crippen LogP contribution in [0.4, 0.5) is 0 Å². The minimum Gasteiger partial charge on any atom is -0.307 e. The normalized spacial score (nSPS) is 15.6. The zero-order valence-corrected chi connectivity index (χ0v) is 12.1. The van der Waals surface area contributed by atoms with Crippen LogP contribution in [0.1, 0.15) is 48.4 Å². The zero-order chi connectivity index (χ0) is 13.1. The molecule has 0 atom stereocenters. The van der Waals surface area contributed by atoms with Gasteiger partial charge in [-0.25, -0.2) is 4.98 Å². The van der Waals surface area contributed by atoms with Crippen molar-refractivity contribution in [2.24, 2.45) is 0 Å². The van der Waals surface area contributed by atoms with Crippen LogP contribution in [0.2, 0.25) is 0 Å². The molecule has 0 aromatic carbocycles. The molecule has 1 aliphatic carbocycles. The maximum atomic E-state index is 4.72. The highest BCUT2D eigenvalue weighted by atomic mass is 32.1. The molecule has 1 N–H and O–H groups in total. The molecule has 4 nitrogen and oxygen atoms in total. The molecule has 2 heterocycles. The Kier molecular flexibility index (Phi) is 3.94. The standard InChI is InChI=1S/C14H20N4S/c1-2-18-9-11(7-16-18)6-15-8-13-10-19-14(17-13)12-4-3-5-12/h7,9-10,12,15H,2-6,8H2,1H3. The zero-order valence-electron chi connectivity index (χ0n) is 11.3. The number of hydrogen-bond acceptors (Lipinski definition) is 4. The Morgan fingerprint density at radius 2 is 2.32 bits per heavy atom. The number of aromatic nitrogens is 3. The average molecular weight is 276 g/mol. The van der Waals surface area contributed by atoms with Crippen molar-refractivity contribution in [1.82, 2.24) is 20.1 Å². The Morgan fingerprint density at radius 3 is 3.00 bits per heavy atom. The molecule has 0 radical (unpaired) electrons. The lowest BCUT2D eigenvalue weighted by molar-refractivity contribution is 0.417. The number of rotatable bonds is 6. The van der Waals surface area contributed by atoms with Crippen molar-refractivity contribution < 1.29 is 0 Å². The van der Waals surface area contributed by atoms with Gasteiger partial charge < -0.3 is 5.32 Å². The van der Waals surface area contributed by atoms with Gasteiger partial charge in [0.2, 0.25) is 0 Å². The molecule has 5 heteroatoms. The molecule has 2 aromatic rings. The Hall–Kier alpha value is -1.20. The summed E-state index contributed by atoms with van der Waals surface area (Å²) in [5.74, 6) is 0.751. The second-order valence-corrected chi connectivity index (χ2v) is 6.00. The van der Waals surface area contributed by atoms with Crippen LogP contribution >= 0.6 is 11.3 Å². The third-order valence-electron chi connectivity index (χ3n) is 3.67. The fraction of sp³-hybridized carbons (Fsp3) is 0.571. The maximum Gasteiger partial charge on any atom is 0.0959 e. The quantitative estimate of drug-likeness (QED) is 0.882. The van der Waals surface area contributed by atoms with E-state index in [1.807, 2.05) is 22.2 Å². The summed E-state index contributed by atoms with van der Waals surface area (Å²) in [4.78, 5) is 4.72. The third-order valence-corrected chi connectivity index (χ3v) is 4.73. The van der Waals surface area contributed by atoms with Crippen molar-refractivity contribution >= 4 is 11.3 Å². The Labute approximate surface area is 117 Å². The summed E-state index contributed by atoms with van der Waals surface area (Å²) in [7, 11) is 0. The van der Waals surface area contributed by atoms with Crippen LogP contribution in [-0.4, -0.2) is 14.8 Å². The SMILES string of the molecule is CCn1cc(CNCc2csc(C3CCC3)n2)cn1. The molecule has 0 spiro atoms. The molecule has 1 fully saturated rings. The van der Waals surface area contributed by atoms with Crippen LogP contribution in [0.3, 0.4) is 0 Å². The predicted molar refractivity (Wildman–Crippen MR) is 77.2 cm³/mol. The first-order valence-electron chi connectivity index (χ1n) is 7.01. The molecule has 0 saturated heterocycles. The Morgan fingerprint density at radius 1 is 1.42 bits per heavy atom. The summed E-state index contributed by atoms with van der Waals surface area (Å²) in [6.45, 7) is 4.73. The molecule has 0 amide bonds. The van der Waals surface area contributed by atoms with E-state index in [2.05, 4.69) is 28.9 Å². The molecular formula is C14H20N4S. The predicted octanol–water partition coefficient (Wildman–Crippen LogP) is 2.92. The van der Waals surface area contributed by atoms with Gasteiger partial charge in [0.25, 0.3) is 0 Å². The number of nitrogens with one attached hydrogen (secondary N) is 1. The first-order valence-corrected chi connectivity index (χ1v) is 7.89. The van der Waals surface area contributed by atoms with E-state index < -0.39 is 0 Å². The lowest BCUT2D eigenvalue weighted by atomic mass is 9.86. The summed E-state index contributed by atoms with van der Waals surface area (Å²) in [5, 5.41) is 11.2. The van der Waals surface area contributed by atoms with Gasteiger partial charge in [0, 0.05) is 42.7 Å². The van der Waals surface area contributed by atoms with Crippen LogP contribution in [0.15, 0.2) is 17.8 Å². The second-order valence-electron chi connectivity index (χ2n) is 5.11. The van der Waals surface area contributed by atoms with Gasteiger partial charge in [-0.15, -0.1) is 11.3 Å². The summed E-state index contributed by atoms with van der Waals surface area (Å²) in [6, 6.07) is 0. The molecule has 3 rings (SSSR count). The summed E-state index contributed by atoms with van der Waals surface area (Å²) in [6.07, 6.45) is 8.05. The fourth-order valence-electron chi connectivity index (χ4n) is 2.25. The van der Waals surface area contributed by atoms with Crippen molar-refractivity contribution in [2.45, 2.75) is 51.7 Å². The fourth-order valence-corrected chi connectivity index (χ4v) is 3.24. The minimum absolute atomic E-state index is 0.751. The molecule has 0 unspecified atom stereocenters. The van der Waals surface area contributed by atoms with Gasteiger partial charge in [-0.1, -0.05) is 6.42 Å². The van der Waals surface area contributed by atoms with E-state index in [0.29, 0.717) is 0 Å². The highest BCUT2D eigenvalue weighted by molar-refractivity contribution is 7.09. The second kappa shape index (κ2) is 5.84. The number of thiazole rings is 1. The number of aryl methyl sites for hydroxylation is 1. The maximum absolute atomic E-state index is 4.72. The molecule has 19 heavy (non-hydrogen) atoms. The van der Waals surface area contributed by atoms with Gasteiger partial charge in [-0.3, -0.25) is 4.68 Å². The topological polar surface area (TPSA) is 42.7 Å². The molecule has 102 valence electrons. The summed E-state index contributed by atoms with van der Waals surface area (Å²) >= 11 is 1.82. The van der Waals surface area contributed by atoms with Crippen molar-refractivity contribution in [3.63, 3.8) is 0 Å². The summed E-state index contributed by atoms with van der Waals surface area (Å²) in [5.41, 5.74) is 2.41. The van der Waals surface area contributed by atoms with Crippen molar-refractivity contribution in [3.05, 3.63) is 34.0 Å². The van der Waals surface area contributed by atoms with Crippen molar-refractivity contribution in [2.75, 3.05) is 0 Å². The van der Waals surface area contributed by atoms with Gasteiger partial charge in [0.15, 0.2) is 0 Å². The van der Waals surface area contributed by atoms with E-state index in [0.717, 1.165) is 25.6 Å². The first-order chi connectivity index (χ1) is 9.35. The number of nitrogens with zero attached hydrogens (tertiary/aromatic N) is 3. The Bertz CT molecular complexity index is 527. The third kappa shape index (κ3) is 3.04.